The summed E-state index contributed by atoms with van der Waals surface area (Å²) < 4.78 is 22.0. The molecular weight excluding hydrogens is 452 g/mol. The number of carbonyl (C=O) groups excluding carboxylic acids is 3. The lowest BCUT2D eigenvalue weighted by molar-refractivity contribution is -0.123. The van der Waals surface area contributed by atoms with Crippen molar-refractivity contribution in [2.24, 2.45) is 0 Å². The number of nitrogens with one attached hydrogen (secondary N) is 1. The number of imide groups is 1. The first-order valence-electron chi connectivity index (χ1n) is 11.2. The molecule has 0 spiro atoms. The predicted molar refractivity (Wildman–Crippen MR) is 129 cm³/mol. The summed E-state index contributed by atoms with van der Waals surface area (Å²) in [7, 11) is 1.23. The average Bonchev–Trinajstić information content (AvgIpc) is 3.35. The Balaban J connectivity index is 1.91. The third-order valence-corrected chi connectivity index (χ3v) is 4.86. The van der Waals surface area contributed by atoms with E-state index in [9.17, 15) is 14.4 Å². The van der Waals surface area contributed by atoms with E-state index in [4.69, 9.17) is 13.9 Å². The van der Waals surface area contributed by atoms with Crippen molar-refractivity contribution < 1.29 is 33.0 Å². The van der Waals surface area contributed by atoms with Gasteiger partial charge in [0.25, 0.3) is 5.91 Å². The Hall–Kier alpha value is -4.01. The maximum absolute atomic E-state index is 13.0. The van der Waals surface area contributed by atoms with Crippen molar-refractivity contribution in [1.82, 2.24) is 10.2 Å². The molecule has 3 rings (SSSR count). The molecule has 35 heavy (non-hydrogen) atoms. The fourth-order valence-electron chi connectivity index (χ4n) is 3.47. The van der Waals surface area contributed by atoms with E-state index in [1.165, 1.54) is 19.2 Å². The van der Waals surface area contributed by atoms with E-state index in [0.29, 0.717) is 30.1 Å². The maximum atomic E-state index is 13.0. The SMILES string of the molecule is C=CCc1cc(C=C2NC(=O)N(Cc3ccc(C(=O)OC)o3)C2=O)cc(OCC)c1OC(C)(C)C. The van der Waals surface area contributed by atoms with Crippen LogP contribution in [0.4, 0.5) is 4.79 Å². The third-order valence-electron chi connectivity index (χ3n) is 4.86. The van der Waals surface area contributed by atoms with E-state index in [2.05, 4.69) is 16.6 Å². The fourth-order valence-corrected chi connectivity index (χ4v) is 3.47. The van der Waals surface area contributed by atoms with Crippen LogP contribution in [0.1, 0.15) is 55.1 Å². The van der Waals surface area contributed by atoms with Gasteiger partial charge in [-0.3, -0.25) is 9.69 Å². The highest BCUT2D eigenvalue weighted by Crippen LogP contribution is 2.37. The number of hydrogen-bond donors (Lipinski definition) is 1. The van der Waals surface area contributed by atoms with Crippen LogP contribution in [0.5, 0.6) is 11.5 Å². The van der Waals surface area contributed by atoms with E-state index < -0.39 is 23.5 Å². The van der Waals surface area contributed by atoms with E-state index in [-0.39, 0.29) is 23.8 Å². The molecule has 1 saturated heterocycles. The van der Waals surface area contributed by atoms with Crippen LogP contribution in [-0.4, -0.2) is 42.1 Å². The van der Waals surface area contributed by atoms with Crippen molar-refractivity contribution in [3.05, 3.63) is 65.3 Å². The second kappa shape index (κ2) is 10.5. The van der Waals surface area contributed by atoms with Crippen molar-refractivity contribution in [3.8, 4) is 11.5 Å². The Kier molecular flexibility index (Phi) is 7.68. The van der Waals surface area contributed by atoms with Crippen LogP contribution in [0.3, 0.4) is 0 Å². The molecule has 1 aliphatic rings. The molecule has 9 heteroatoms. The molecule has 0 bridgehead atoms. The van der Waals surface area contributed by atoms with Crippen LogP contribution >= 0.6 is 0 Å². The van der Waals surface area contributed by atoms with Gasteiger partial charge in [0.2, 0.25) is 5.76 Å². The van der Waals surface area contributed by atoms with Crippen LogP contribution in [0.15, 0.2) is 47.0 Å². The minimum atomic E-state index is -0.645. The van der Waals surface area contributed by atoms with Gasteiger partial charge in [0.15, 0.2) is 11.5 Å². The van der Waals surface area contributed by atoms with Crippen molar-refractivity contribution in [2.45, 2.75) is 46.3 Å². The van der Waals surface area contributed by atoms with Gasteiger partial charge in [-0.25, -0.2) is 9.59 Å². The maximum Gasteiger partial charge on any atom is 0.373 e. The number of esters is 1. The van der Waals surface area contributed by atoms with Crippen molar-refractivity contribution in [2.75, 3.05) is 13.7 Å². The highest BCUT2D eigenvalue weighted by Gasteiger charge is 2.34. The number of allylic oxidation sites excluding steroid dienone is 1. The first kappa shape index (κ1) is 25.6. The average molecular weight is 483 g/mol. The summed E-state index contributed by atoms with van der Waals surface area (Å²) in [5, 5.41) is 2.59. The molecule has 0 unspecified atom stereocenters. The first-order valence-corrected chi connectivity index (χ1v) is 11.2. The summed E-state index contributed by atoms with van der Waals surface area (Å²) in [5.74, 6) is 0.238. The lowest BCUT2D eigenvalue weighted by Crippen LogP contribution is -2.30. The molecule has 1 N–H and O–H groups in total. The van der Waals surface area contributed by atoms with Gasteiger partial charge in [-0.15, -0.1) is 6.58 Å². The molecule has 0 aliphatic carbocycles. The monoisotopic (exact) mass is 482 g/mol. The van der Waals surface area contributed by atoms with Gasteiger partial charge in [-0.2, -0.15) is 0 Å². The molecule has 186 valence electrons. The van der Waals surface area contributed by atoms with E-state index >= 15 is 0 Å². The van der Waals surface area contributed by atoms with E-state index in [0.717, 1.165) is 10.5 Å². The van der Waals surface area contributed by atoms with Gasteiger partial charge in [-0.1, -0.05) is 6.08 Å². The zero-order valence-electron chi connectivity index (χ0n) is 20.6. The summed E-state index contributed by atoms with van der Waals surface area (Å²) in [6.45, 7) is 11.8. The lowest BCUT2D eigenvalue weighted by Gasteiger charge is -2.25. The van der Waals surface area contributed by atoms with Gasteiger partial charge in [0.05, 0.1) is 20.3 Å². The summed E-state index contributed by atoms with van der Waals surface area (Å²) >= 11 is 0. The van der Waals surface area contributed by atoms with Gasteiger partial charge in [0, 0.05) is 5.56 Å². The zero-order valence-corrected chi connectivity index (χ0v) is 20.6. The molecule has 1 aliphatic heterocycles. The van der Waals surface area contributed by atoms with Crippen LogP contribution in [0.25, 0.3) is 6.08 Å². The lowest BCUT2D eigenvalue weighted by atomic mass is 10.0. The number of amides is 3. The standard InChI is InChI=1S/C26H30N2O7/c1-7-9-17-12-16(14-21(33-8-2)22(17)35-26(3,4)5)13-19-23(29)28(25(31)27-19)15-18-10-11-20(34-18)24(30)32-6/h7,10-14H,1,8-9,15H2,2-6H3,(H,27,31). The number of carbonyl (C=O) groups is 3. The summed E-state index contributed by atoms with van der Waals surface area (Å²) in [6, 6.07) is 5.98. The summed E-state index contributed by atoms with van der Waals surface area (Å²) in [6.07, 6.45) is 3.86. The third kappa shape index (κ3) is 6.11. The van der Waals surface area contributed by atoms with Gasteiger partial charge >= 0.3 is 12.0 Å². The molecule has 0 atom stereocenters. The molecule has 1 aromatic heterocycles. The molecule has 2 heterocycles. The van der Waals surface area contributed by atoms with Crippen LogP contribution < -0.4 is 14.8 Å². The molecule has 0 saturated carbocycles. The normalized spacial score (nSPS) is 14.8. The Morgan fingerprint density at radius 2 is 1.97 bits per heavy atom. The number of benzene rings is 1. The van der Waals surface area contributed by atoms with Crippen LogP contribution in [0, 0.1) is 0 Å². The quantitative estimate of drug-likeness (QED) is 0.243. The molecule has 3 amide bonds. The van der Waals surface area contributed by atoms with Gasteiger partial charge in [-0.05, 0) is 70.0 Å². The van der Waals surface area contributed by atoms with Crippen LogP contribution in [-0.2, 0) is 22.5 Å². The predicted octanol–water partition coefficient (Wildman–Crippen LogP) is 4.46. The molecule has 0 radical (unpaired) electrons. The van der Waals surface area contributed by atoms with Crippen molar-refractivity contribution in [1.29, 1.82) is 0 Å². The van der Waals surface area contributed by atoms with Crippen LogP contribution in [0.2, 0.25) is 0 Å². The summed E-state index contributed by atoms with van der Waals surface area (Å²) in [4.78, 5) is 38.0. The Morgan fingerprint density at radius 3 is 2.60 bits per heavy atom. The van der Waals surface area contributed by atoms with Crippen molar-refractivity contribution in [3.63, 3.8) is 0 Å². The fraction of sp³-hybridized carbons (Fsp3) is 0.346. The number of ether oxygens (including phenoxy) is 3. The summed E-state index contributed by atoms with van der Waals surface area (Å²) in [5.41, 5.74) is 1.15. The van der Waals surface area contributed by atoms with Crippen molar-refractivity contribution >= 4 is 24.0 Å². The highest BCUT2D eigenvalue weighted by molar-refractivity contribution is 6.13. The van der Waals surface area contributed by atoms with Gasteiger partial charge in [0.1, 0.15) is 17.1 Å². The Labute approximate surface area is 204 Å². The number of rotatable bonds is 9. The molecular formula is C26H30N2O7. The van der Waals surface area contributed by atoms with E-state index in [1.54, 1.807) is 18.2 Å². The second-order valence-electron chi connectivity index (χ2n) is 8.78. The molecule has 9 nitrogen and oxygen atoms in total. The number of urea groups is 1. The molecule has 2 aromatic rings. The minimum Gasteiger partial charge on any atom is -0.490 e. The van der Waals surface area contributed by atoms with Gasteiger partial charge < -0.3 is 23.9 Å². The molecule has 1 fully saturated rings. The number of hydrogen-bond acceptors (Lipinski definition) is 7. The smallest absolute Gasteiger partial charge is 0.373 e. The molecule has 1 aromatic carbocycles. The second-order valence-corrected chi connectivity index (χ2v) is 8.78. The zero-order chi connectivity index (χ0) is 25.8. The Morgan fingerprint density at radius 1 is 1.23 bits per heavy atom. The first-order chi connectivity index (χ1) is 16.6. The largest absolute Gasteiger partial charge is 0.490 e. The minimum absolute atomic E-state index is 0.0129. The topological polar surface area (TPSA) is 107 Å². The Bertz CT molecular complexity index is 1170. The number of methoxy groups -OCH3 is 1. The number of nitrogens with zero attached hydrogens (tertiary/aromatic N) is 1. The van der Waals surface area contributed by atoms with E-state index in [1.807, 2.05) is 33.8 Å². The highest BCUT2D eigenvalue weighted by atomic mass is 16.5. The number of furan rings is 1.